The highest BCUT2D eigenvalue weighted by atomic mass is 79.9. The fraction of sp³-hybridized carbons (Fsp3) is 0.300. The molecule has 2 aromatic carbocycles. The average molecular weight is 496 g/mol. The summed E-state index contributed by atoms with van der Waals surface area (Å²) in [6.45, 7) is 1.73. The van der Waals surface area contributed by atoms with Crippen molar-refractivity contribution < 1.29 is 22.7 Å². The molecular weight excluding hydrogens is 474 g/mol. The maximum absolute atomic E-state index is 12.6. The van der Waals surface area contributed by atoms with Crippen molar-refractivity contribution in [2.75, 3.05) is 38.2 Å². The Hall–Kier alpha value is -2.27. The summed E-state index contributed by atoms with van der Waals surface area (Å²) in [5.41, 5.74) is 1.37. The zero-order valence-corrected chi connectivity index (χ0v) is 18.5. The van der Waals surface area contributed by atoms with Crippen molar-refractivity contribution in [3.05, 3.63) is 58.6 Å². The Balaban J connectivity index is 1.49. The summed E-state index contributed by atoms with van der Waals surface area (Å²) < 4.78 is 32.6. The number of sulfonamides is 1. The van der Waals surface area contributed by atoms with Crippen LogP contribution in [0.4, 0.5) is 5.69 Å². The molecule has 0 aliphatic carbocycles. The maximum Gasteiger partial charge on any atom is 0.313 e. The first kappa shape index (κ1) is 22.4. The van der Waals surface area contributed by atoms with Crippen molar-refractivity contribution in [3.63, 3.8) is 0 Å². The highest BCUT2D eigenvalue weighted by Gasteiger charge is 2.26. The first-order valence-electron chi connectivity index (χ1n) is 9.38. The van der Waals surface area contributed by atoms with Gasteiger partial charge in [0.05, 0.1) is 18.1 Å². The van der Waals surface area contributed by atoms with Gasteiger partial charge in [0, 0.05) is 29.8 Å². The third kappa shape index (κ3) is 5.88. The number of carbonyl (C=O) groups excluding carboxylic acids is 2. The van der Waals surface area contributed by atoms with Crippen LogP contribution in [0.3, 0.4) is 0 Å². The van der Waals surface area contributed by atoms with Crippen LogP contribution in [0.25, 0.3) is 0 Å². The predicted octanol–water partition coefficient (Wildman–Crippen LogP) is 1.77. The summed E-state index contributed by atoms with van der Waals surface area (Å²) in [6.07, 6.45) is 0.466. The van der Waals surface area contributed by atoms with Gasteiger partial charge in [-0.05, 0) is 42.3 Å². The van der Waals surface area contributed by atoms with E-state index in [9.17, 15) is 18.0 Å². The fourth-order valence-corrected chi connectivity index (χ4v) is 4.73. The molecule has 10 heteroatoms. The second kappa shape index (κ2) is 10.2. The molecule has 30 heavy (non-hydrogen) atoms. The van der Waals surface area contributed by atoms with E-state index in [-0.39, 0.29) is 11.4 Å². The second-order valence-corrected chi connectivity index (χ2v) is 9.48. The summed E-state index contributed by atoms with van der Waals surface area (Å²) in [5, 5.41) is 5.08. The SMILES string of the molecule is O=C(NCCc1ccc(S(=O)(=O)N2CCOCC2)cc1)C(=O)Nc1cccc(Br)c1. The molecule has 1 saturated heterocycles. The van der Waals surface area contributed by atoms with Crippen LogP contribution >= 0.6 is 15.9 Å². The highest BCUT2D eigenvalue weighted by Crippen LogP contribution is 2.18. The van der Waals surface area contributed by atoms with Gasteiger partial charge in [-0.15, -0.1) is 0 Å². The van der Waals surface area contributed by atoms with Crippen molar-refractivity contribution in [2.24, 2.45) is 0 Å². The Morgan fingerprint density at radius 1 is 1.03 bits per heavy atom. The largest absolute Gasteiger partial charge is 0.379 e. The molecule has 1 fully saturated rings. The van der Waals surface area contributed by atoms with E-state index in [2.05, 4.69) is 26.6 Å². The van der Waals surface area contributed by atoms with Gasteiger partial charge in [-0.3, -0.25) is 9.59 Å². The minimum atomic E-state index is -3.53. The van der Waals surface area contributed by atoms with Gasteiger partial charge in [0.1, 0.15) is 0 Å². The predicted molar refractivity (Wildman–Crippen MR) is 116 cm³/mol. The molecule has 0 unspecified atom stereocenters. The van der Waals surface area contributed by atoms with Gasteiger partial charge < -0.3 is 15.4 Å². The van der Waals surface area contributed by atoms with E-state index in [0.29, 0.717) is 38.4 Å². The molecule has 1 aliphatic heterocycles. The lowest BCUT2D eigenvalue weighted by Crippen LogP contribution is -2.40. The van der Waals surface area contributed by atoms with Gasteiger partial charge in [0.15, 0.2) is 0 Å². The summed E-state index contributed by atoms with van der Waals surface area (Å²) in [7, 11) is -3.53. The summed E-state index contributed by atoms with van der Waals surface area (Å²) in [5.74, 6) is -1.48. The lowest BCUT2D eigenvalue weighted by Gasteiger charge is -2.26. The minimum Gasteiger partial charge on any atom is -0.379 e. The van der Waals surface area contributed by atoms with Gasteiger partial charge in [0.2, 0.25) is 10.0 Å². The van der Waals surface area contributed by atoms with Crippen LogP contribution in [0.15, 0.2) is 57.9 Å². The number of anilines is 1. The molecule has 2 N–H and O–H groups in total. The first-order valence-corrected chi connectivity index (χ1v) is 11.6. The van der Waals surface area contributed by atoms with Crippen LogP contribution in [0.5, 0.6) is 0 Å². The number of halogens is 1. The second-order valence-electron chi connectivity index (χ2n) is 6.63. The van der Waals surface area contributed by atoms with E-state index in [1.54, 1.807) is 42.5 Å². The van der Waals surface area contributed by atoms with E-state index in [4.69, 9.17) is 4.74 Å². The minimum absolute atomic E-state index is 0.227. The molecule has 0 atom stereocenters. The van der Waals surface area contributed by atoms with E-state index in [1.165, 1.54) is 4.31 Å². The third-order valence-electron chi connectivity index (χ3n) is 4.52. The number of morpholine rings is 1. The summed E-state index contributed by atoms with van der Waals surface area (Å²) in [6, 6.07) is 13.5. The molecule has 1 aliphatic rings. The Bertz CT molecular complexity index is 1010. The van der Waals surface area contributed by atoms with Crippen LogP contribution in [0.2, 0.25) is 0 Å². The highest BCUT2D eigenvalue weighted by molar-refractivity contribution is 9.10. The summed E-state index contributed by atoms with van der Waals surface area (Å²) >= 11 is 3.30. The van der Waals surface area contributed by atoms with Crippen LogP contribution in [-0.2, 0) is 30.8 Å². The van der Waals surface area contributed by atoms with Crippen molar-refractivity contribution in [2.45, 2.75) is 11.3 Å². The number of hydrogen-bond donors (Lipinski definition) is 2. The standard InChI is InChI=1S/C20H22BrN3O5S/c21-16-2-1-3-17(14-16)23-20(26)19(25)22-9-8-15-4-6-18(7-5-15)30(27,28)24-10-12-29-13-11-24/h1-7,14H,8-13H2,(H,22,25)(H,23,26). The van der Waals surface area contributed by atoms with Crippen molar-refractivity contribution in [1.82, 2.24) is 9.62 Å². The number of rotatable bonds is 6. The number of carbonyl (C=O) groups is 2. The van der Waals surface area contributed by atoms with E-state index in [1.807, 2.05) is 6.07 Å². The number of ether oxygens (including phenoxy) is 1. The van der Waals surface area contributed by atoms with Gasteiger partial charge in [-0.2, -0.15) is 4.31 Å². The Morgan fingerprint density at radius 2 is 1.73 bits per heavy atom. The van der Waals surface area contributed by atoms with Gasteiger partial charge >= 0.3 is 11.8 Å². The molecule has 1 heterocycles. The normalized spacial score (nSPS) is 14.8. The zero-order valence-electron chi connectivity index (χ0n) is 16.1. The fourth-order valence-electron chi connectivity index (χ4n) is 2.92. The lowest BCUT2D eigenvalue weighted by atomic mass is 10.1. The van der Waals surface area contributed by atoms with Crippen molar-refractivity contribution in [3.8, 4) is 0 Å². The van der Waals surface area contributed by atoms with E-state index in [0.717, 1.165) is 10.0 Å². The van der Waals surface area contributed by atoms with Crippen LogP contribution < -0.4 is 10.6 Å². The number of nitrogens with one attached hydrogen (secondary N) is 2. The molecule has 2 amide bonds. The quantitative estimate of drug-likeness (QED) is 0.594. The van der Waals surface area contributed by atoms with E-state index < -0.39 is 21.8 Å². The number of nitrogens with zero attached hydrogens (tertiary/aromatic N) is 1. The molecule has 2 aromatic rings. The Morgan fingerprint density at radius 3 is 2.40 bits per heavy atom. The topological polar surface area (TPSA) is 105 Å². The molecule has 0 radical (unpaired) electrons. The smallest absolute Gasteiger partial charge is 0.313 e. The van der Waals surface area contributed by atoms with Crippen LogP contribution in [0.1, 0.15) is 5.56 Å². The lowest BCUT2D eigenvalue weighted by molar-refractivity contribution is -0.136. The molecule has 0 spiro atoms. The monoisotopic (exact) mass is 495 g/mol. The first-order chi connectivity index (χ1) is 14.4. The molecule has 160 valence electrons. The van der Waals surface area contributed by atoms with Crippen LogP contribution in [-0.4, -0.2) is 57.4 Å². The molecular formula is C20H22BrN3O5S. The molecule has 3 rings (SSSR count). The number of hydrogen-bond acceptors (Lipinski definition) is 5. The molecule has 8 nitrogen and oxygen atoms in total. The van der Waals surface area contributed by atoms with Gasteiger partial charge in [0.25, 0.3) is 0 Å². The number of benzene rings is 2. The van der Waals surface area contributed by atoms with Crippen molar-refractivity contribution >= 4 is 43.5 Å². The van der Waals surface area contributed by atoms with Crippen LogP contribution in [0, 0.1) is 0 Å². The van der Waals surface area contributed by atoms with Crippen molar-refractivity contribution in [1.29, 1.82) is 0 Å². The molecule has 0 bridgehead atoms. The zero-order chi connectivity index (χ0) is 21.6. The maximum atomic E-state index is 12.6. The van der Waals surface area contributed by atoms with Gasteiger partial charge in [-0.1, -0.05) is 34.1 Å². The third-order valence-corrected chi connectivity index (χ3v) is 6.93. The summed E-state index contributed by atoms with van der Waals surface area (Å²) in [4.78, 5) is 24.1. The van der Waals surface area contributed by atoms with Gasteiger partial charge in [-0.25, -0.2) is 8.42 Å². The Labute approximate surface area is 183 Å². The number of amides is 2. The average Bonchev–Trinajstić information content (AvgIpc) is 2.74. The molecule has 0 aromatic heterocycles. The molecule has 0 saturated carbocycles. The Kier molecular flexibility index (Phi) is 7.59. The van der Waals surface area contributed by atoms with E-state index >= 15 is 0 Å².